The Morgan fingerprint density at radius 1 is 0.852 bits per heavy atom. The molecule has 27 heavy (non-hydrogen) atoms. The van der Waals surface area contributed by atoms with Crippen molar-refractivity contribution in [3.63, 3.8) is 0 Å². The maximum atomic E-state index is 6.38. The van der Waals surface area contributed by atoms with Gasteiger partial charge >= 0.3 is 0 Å². The molecular formula is C23H21Cl2NO. The molecule has 0 atom stereocenters. The maximum absolute atomic E-state index is 6.38. The lowest BCUT2D eigenvalue weighted by Crippen LogP contribution is -1.97. The van der Waals surface area contributed by atoms with E-state index in [0.29, 0.717) is 22.4 Å². The Balaban J connectivity index is 1.74. The molecule has 0 spiro atoms. The second-order valence-electron chi connectivity index (χ2n) is 6.61. The van der Waals surface area contributed by atoms with E-state index >= 15 is 0 Å². The van der Waals surface area contributed by atoms with Crippen molar-refractivity contribution in [2.75, 3.05) is 0 Å². The van der Waals surface area contributed by atoms with E-state index in [1.807, 2.05) is 48.5 Å². The fourth-order valence-electron chi connectivity index (χ4n) is 2.59. The SMILES string of the molecule is Cc1ccc(COc2c(Cl)cc(C=Nc3ccc(C)c(C)c3)cc2Cl)cc1. The first-order valence-electron chi connectivity index (χ1n) is 8.71. The van der Waals surface area contributed by atoms with Gasteiger partial charge in [-0.1, -0.05) is 59.1 Å². The number of ether oxygens (including phenoxy) is 1. The van der Waals surface area contributed by atoms with Crippen molar-refractivity contribution in [3.05, 3.63) is 92.5 Å². The van der Waals surface area contributed by atoms with Crippen LogP contribution in [0.15, 0.2) is 59.6 Å². The fourth-order valence-corrected chi connectivity index (χ4v) is 3.20. The topological polar surface area (TPSA) is 21.6 Å². The van der Waals surface area contributed by atoms with Crippen molar-refractivity contribution in [2.24, 2.45) is 4.99 Å². The third kappa shape index (κ3) is 5.12. The summed E-state index contributed by atoms with van der Waals surface area (Å²) in [6, 6.07) is 17.9. The van der Waals surface area contributed by atoms with Crippen LogP contribution < -0.4 is 4.74 Å². The van der Waals surface area contributed by atoms with Gasteiger partial charge in [-0.3, -0.25) is 4.99 Å². The fraction of sp³-hybridized carbons (Fsp3) is 0.174. The molecule has 4 heteroatoms. The van der Waals surface area contributed by atoms with Gasteiger partial charge in [0.2, 0.25) is 0 Å². The summed E-state index contributed by atoms with van der Waals surface area (Å²) in [5.41, 5.74) is 6.45. The van der Waals surface area contributed by atoms with Gasteiger partial charge < -0.3 is 4.74 Å². The molecule has 0 N–H and O–H groups in total. The number of hydrogen-bond acceptors (Lipinski definition) is 2. The number of benzene rings is 3. The third-order valence-electron chi connectivity index (χ3n) is 4.38. The van der Waals surface area contributed by atoms with E-state index in [1.165, 1.54) is 16.7 Å². The highest BCUT2D eigenvalue weighted by Gasteiger charge is 2.10. The van der Waals surface area contributed by atoms with Crippen LogP contribution in [-0.4, -0.2) is 6.21 Å². The zero-order valence-corrected chi connectivity index (χ0v) is 17.1. The van der Waals surface area contributed by atoms with Crippen LogP contribution in [0.4, 0.5) is 5.69 Å². The minimum absolute atomic E-state index is 0.412. The smallest absolute Gasteiger partial charge is 0.157 e. The van der Waals surface area contributed by atoms with E-state index < -0.39 is 0 Å². The lowest BCUT2D eigenvalue weighted by atomic mass is 10.1. The van der Waals surface area contributed by atoms with Crippen LogP contribution in [0, 0.1) is 20.8 Å². The molecule has 0 heterocycles. The van der Waals surface area contributed by atoms with Crippen LogP contribution in [0.3, 0.4) is 0 Å². The zero-order valence-electron chi connectivity index (χ0n) is 15.6. The minimum Gasteiger partial charge on any atom is -0.486 e. The normalized spacial score (nSPS) is 11.1. The van der Waals surface area contributed by atoms with Crippen molar-refractivity contribution in [1.29, 1.82) is 0 Å². The number of aryl methyl sites for hydroxylation is 3. The Morgan fingerprint density at radius 3 is 2.15 bits per heavy atom. The molecule has 0 amide bonds. The number of nitrogens with zero attached hydrogens (tertiary/aromatic N) is 1. The third-order valence-corrected chi connectivity index (χ3v) is 4.94. The van der Waals surface area contributed by atoms with Crippen LogP contribution in [0.1, 0.15) is 27.8 Å². The summed E-state index contributed by atoms with van der Waals surface area (Å²) in [5, 5.41) is 0.937. The van der Waals surface area contributed by atoms with Gasteiger partial charge in [-0.15, -0.1) is 0 Å². The largest absolute Gasteiger partial charge is 0.486 e. The molecule has 0 aliphatic carbocycles. The molecule has 0 bridgehead atoms. The lowest BCUT2D eigenvalue weighted by molar-refractivity contribution is 0.306. The van der Waals surface area contributed by atoms with Gasteiger partial charge in [0.05, 0.1) is 15.7 Å². The highest BCUT2D eigenvalue weighted by Crippen LogP contribution is 2.34. The summed E-state index contributed by atoms with van der Waals surface area (Å²) in [5.74, 6) is 0.488. The van der Waals surface area contributed by atoms with Crippen LogP contribution in [-0.2, 0) is 6.61 Å². The molecule has 138 valence electrons. The second kappa shape index (κ2) is 8.60. The molecule has 0 radical (unpaired) electrons. The molecule has 3 aromatic rings. The Labute approximate surface area is 170 Å². The first kappa shape index (κ1) is 19.5. The van der Waals surface area contributed by atoms with Gasteiger partial charge in [-0.2, -0.15) is 0 Å². The van der Waals surface area contributed by atoms with Crippen LogP contribution in [0.25, 0.3) is 0 Å². The van der Waals surface area contributed by atoms with Gasteiger partial charge in [0.1, 0.15) is 6.61 Å². The van der Waals surface area contributed by atoms with E-state index in [4.69, 9.17) is 27.9 Å². The Kier molecular flexibility index (Phi) is 6.20. The molecule has 0 saturated heterocycles. The predicted molar refractivity (Wildman–Crippen MR) is 115 cm³/mol. The average molecular weight is 398 g/mol. The highest BCUT2D eigenvalue weighted by atomic mass is 35.5. The van der Waals surface area contributed by atoms with E-state index in [0.717, 1.165) is 16.8 Å². The van der Waals surface area contributed by atoms with E-state index in [-0.39, 0.29) is 0 Å². The summed E-state index contributed by atoms with van der Waals surface area (Å²) in [6.45, 7) is 6.62. The number of halogens is 2. The second-order valence-corrected chi connectivity index (χ2v) is 7.43. The molecular weight excluding hydrogens is 377 g/mol. The first-order chi connectivity index (χ1) is 12.9. The van der Waals surface area contributed by atoms with Crippen molar-refractivity contribution in [1.82, 2.24) is 0 Å². The maximum Gasteiger partial charge on any atom is 0.157 e. The molecule has 3 rings (SSSR count). The Morgan fingerprint density at radius 2 is 1.52 bits per heavy atom. The van der Waals surface area contributed by atoms with Gasteiger partial charge in [0.25, 0.3) is 0 Å². The van der Waals surface area contributed by atoms with Crippen LogP contribution in [0.2, 0.25) is 10.0 Å². The van der Waals surface area contributed by atoms with E-state index in [2.05, 4.69) is 31.8 Å². The Bertz CT molecular complexity index is 955. The quantitative estimate of drug-likeness (QED) is 0.415. The predicted octanol–water partition coefficient (Wildman–Crippen LogP) is 7.25. The highest BCUT2D eigenvalue weighted by molar-refractivity contribution is 6.37. The summed E-state index contributed by atoms with van der Waals surface area (Å²) in [4.78, 5) is 4.51. The number of rotatable bonds is 5. The molecule has 0 aliphatic rings. The molecule has 0 aromatic heterocycles. The summed E-state index contributed by atoms with van der Waals surface area (Å²) in [7, 11) is 0. The van der Waals surface area contributed by atoms with Gasteiger partial charge in [0.15, 0.2) is 5.75 Å². The Hall–Kier alpha value is -2.29. The molecule has 0 fully saturated rings. The molecule has 2 nitrogen and oxygen atoms in total. The lowest BCUT2D eigenvalue weighted by Gasteiger charge is -2.11. The number of aliphatic imine (C=N–C) groups is 1. The minimum atomic E-state index is 0.412. The molecule has 0 aliphatic heterocycles. The number of hydrogen-bond donors (Lipinski definition) is 0. The standard InChI is InChI=1S/C23H21Cl2NO/c1-15-4-7-18(8-5-15)14-27-23-21(24)11-19(12-22(23)25)13-26-20-9-6-16(2)17(3)10-20/h4-13H,14H2,1-3H3. The van der Waals surface area contributed by atoms with E-state index in [1.54, 1.807) is 6.21 Å². The molecule has 0 unspecified atom stereocenters. The summed E-state index contributed by atoms with van der Waals surface area (Å²) < 4.78 is 5.83. The van der Waals surface area contributed by atoms with Crippen LogP contribution >= 0.6 is 23.2 Å². The summed E-state index contributed by atoms with van der Waals surface area (Å²) >= 11 is 12.8. The van der Waals surface area contributed by atoms with Gasteiger partial charge in [0, 0.05) is 6.21 Å². The van der Waals surface area contributed by atoms with Crippen molar-refractivity contribution in [3.8, 4) is 5.75 Å². The van der Waals surface area contributed by atoms with Gasteiger partial charge in [-0.25, -0.2) is 0 Å². The first-order valence-corrected chi connectivity index (χ1v) is 9.46. The summed E-state index contributed by atoms with van der Waals surface area (Å²) in [6.07, 6.45) is 1.76. The average Bonchev–Trinajstić information content (AvgIpc) is 2.63. The van der Waals surface area contributed by atoms with E-state index in [9.17, 15) is 0 Å². The van der Waals surface area contributed by atoms with Crippen molar-refractivity contribution >= 4 is 35.1 Å². The molecule has 0 saturated carbocycles. The molecule has 3 aromatic carbocycles. The monoisotopic (exact) mass is 397 g/mol. The van der Waals surface area contributed by atoms with Crippen molar-refractivity contribution < 1.29 is 4.74 Å². The van der Waals surface area contributed by atoms with Gasteiger partial charge in [-0.05, 0) is 67.3 Å². The van der Waals surface area contributed by atoms with Crippen molar-refractivity contribution in [2.45, 2.75) is 27.4 Å². The van der Waals surface area contributed by atoms with Crippen LogP contribution in [0.5, 0.6) is 5.75 Å². The zero-order chi connectivity index (χ0) is 19.4.